The van der Waals surface area contributed by atoms with Crippen molar-refractivity contribution in [3.05, 3.63) is 11.5 Å². The minimum atomic E-state index is 0.0613. The Morgan fingerprint density at radius 2 is 2.36 bits per heavy atom. The fourth-order valence-corrected chi connectivity index (χ4v) is 0.741. The molecule has 7 heteroatoms. The molecule has 0 aliphatic rings. The number of nitrogen functional groups attached to an aromatic ring is 1. The Morgan fingerprint density at radius 1 is 1.55 bits per heavy atom. The van der Waals surface area contributed by atoms with Crippen molar-refractivity contribution in [3.8, 4) is 0 Å². The van der Waals surface area contributed by atoms with Gasteiger partial charge >= 0.3 is 5.65 Å². The molecule has 0 spiro atoms. The molecule has 0 radical (unpaired) electrons. The summed E-state index contributed by atoms with van der Waals surface area (Å²) in [7, 11) is 0. The monoisotopic (exact) mass is 153 g/mol. The average Bonchev–Trinajstić information content (AvgIpc) is 2.34. The summed E-state index contributed by atoms with van der Waals surface area (Å²) in [6.45, 7) is 0. The summed E-state index contributed by atoms with van der Waals surface area (Å²) in [6.07, 6.45) is 1.21. The van der Waals surface area contributed by atoms with Gasteiger partial charge in [-0.2, -0.15) is 4.98 Å². The molecule has 7 nitrogen and oxygen atoms in total. The van der Waals surface area contributed by atoms with Gasteiger partial charge in [-0.1, -0.05) is 0 Å². The van der Waals surface area contributed by atoms with E-state index in [-0.39, 0.29) is 21.9 Å². The topological polar surface area (TPSA) is 105 Å². The predicted molar refractivity (Wildman–Crippen MR) is 33.0 cm³/mol. The quantitative estimate of drug-likeness (QED) is 0.478. The number of nitrogens with two attached hydrogens (primary N) is 1. The zero-order chi connectivity index (χ0) is 7.84. The summed E-state index contributed by atoms with van der Waals surface area (Å²) in [5.74, 6) is 0.0613. The molecule has 11 heavy (non-hydrogen) atoms. The SMILES string of the molecule is Nc1ncnc2no[n+]([O-])c12. The number of hydrogen-bond acceptors (Lipinski definition) is 6. The van der Waals surface area contributed by atoms with E-state index in [1.165, 1.54) is 6.33 Å². The Hall–Kier alpha value is -1.92. The van der Waals surface area contributed by atoms with Crippen LogP contribution in [0.5, 0.6) is 0 Å². The fraction of sp³-hybridized carbons (Fsp3) is 0. The molecule has 0 bridgehead atoms. The zero-order valence-electron chi connectivity index (χ0n) is 5.26. The van der Waals surface area contributed by atoms with Gasteiger partial charge in [0.1, 0.15) is 6.33 Å². The molecule has 2 N–H and O–H groups in total. The maximum absolute atomic E-state index is 10.7. The molecule has 2 heterocycles. The van der Waals surface area contributed by atoms with Crippen LogP contribution in [0.2, 0.25) is 0 Å². The second-order valence-electron chi connectivity index (χ2n) is 1.86. The lowest BCUT2D eigenvalue weighted by molar-refractivity contribution is -0.782. The van der Waals surface area contributed by atoms with Gasteiger partial charge in [-0.3, -0.25) is 4.63 Å². The van der Waals surface area contributed by atoms with E-state index in [0.717, 1.165) is 0 Å². The van der Waals surface area contributed by atoms with E-state index in [9.17, 15) is 5.21 Å². The van der Waals surface area contributed by atoms with Crippen LogP contribution in [0.1, 0.15) is 0 Å². The summed E-state index contributed by atoms with van der Waals surface area (Å²) in [6, 6.07) is 0. The first kappa shape index (κ1) is 5.83. The maximum Gasteiger partial charge on any atom is 0.345 e. The fourth-order valence-electron chi connectivity index (χ4n) is 0.741. The summed E-state index contributed by atoms with van der Waals surface area (Å²) in [5.41, 5.74) is 5.55. The van der Waals surface area contributed by atoms with Crippen LogP contribution >= 0.6 is 0 Å². The molecule has 2 aromatic rings. The highest BCUT2D eigenvalue weighted by Crippen LogP contribution is 2.07. The number of anilines is 1. The predicted octanol–water partition coefficient (Wildman–Crippen LogP) is -1.17. The zero-order valence-corrected chi connectivity index (χ0v) is 5.26. The Balaban J connectivity index is 2.96. The molecule has 2 aromatic heterocycles. The van der Waals surface area contributed by atoms with E-state index in [0.29, 0.717) is 0 Å². The van der Waals surface area contributed by atoms with Crippen LogP contribution < -0.4 is 10.6 Å². The normalized spacial score (nSPS) is 10.5. The van der Waals surface area contributed by atoms with E-state index in [1.54, 1.807) is 0 Å². The van der Waals surface area contributed by atoms with Crippen LogP contribution in [-0.2, 0) is 0 Å². The standard InChI is InChI=1S/C4H3N5O2/c5-3-2-4(7-1-6-3)8-11-9(2)10/h1H,(H2,5,6,7,8). The molecule has 56 valence electrons. The van der Waals surface area contributed by atoms with Gasteiger partial charge in [0.25, 0.3) is 5.52 Å². The lowest BCUT2D eigenvalue weighted by Crippen LogP contribution is -2.24. The lowest BCUT2D eigenvalue weighted by Gasteiger charge is -1.88. The van der Waals surface area contributed by atoms with Gasteiger partial charge in [0.15, 0.2) is 5.82 Å². The van der Waals surface area contributed by atoms with Gasteiger partial charge in [0.2, 0.25) is 0 Å². The molecule has 0 aliphatic carbocycles. The molecule has 0 atom stereocenters. The second-order valence-corrected chi connectivity index (χ2v) is 1.86. The lowest BCUT2D eigenvalue weighted by atomic mass is 10.5. The Bertz CT molecular complexity index is 396. The smallest absolute Gasteiger partial charge is 0.345 e. The molecule has 0 unspecified atom stereocenters. The van der Waals surface area contributed by atoms with Crippen LogP contribution in [0.4, 0.5) is 5.82 Å². The third-order valence-electron chi connectivity index (χ3n) is 1.22. The van der Waals surface area contributed by atoms with Gasteiger partial charge in [-0.05, 0) is 4.90 Å². The molecule has 0 aliphatic heterocycles. The Morgan fingerprint density at radius 3 is 3.09 bits per heavy atom. The largest absolute Gasteiger partial charge is 0.380 e. The van der Waals surface area contributed by atoms with Crippen molar-refractivity contribution in [2.45, 2.75) is 0 Å². The first-order valence-corrected chi connectivity index (χ1v) is 2.75. The van der Waals surface area contributed by atoms with Crippen LogP contribution in [0.15, 0.2) is 11.0 Å². The molecule has 0 amide bonds. The minimum Gasteiger partial charge on any atom is -0.380 e. The summed E-state index contributed by atoms with van der Waals surface area (Å²) < 4.78 is 4.22. The maximum atomic E-state index is 10.7. The van der Waals surface area contributed by atoms with Gasteiger partial charge in [-0.15, -0.1) is 0 Å². The molecular formula is C4H3N5O2. The van der Waals surface area contributed by atoms with Crippen molar-refractivity contribution in [2.24, 2.45) is 0 Å². The number of aromatic nitrogens is 4. The number of fused-ring (bicyclic) bond motifs is 1. The van der Waals surface area contributed by atoms with E-state index in [1.807, 2.05) is 0 Å². The number of nitrogens with zero attached hydrogens (tertiary/aromatic N) is 4. The van der Waals surface area contributed by atoms with Crippen LogP contribution in [0, 0.1) is 5.21 Å². The van der Waals surface area contributed by atoms with E-state index < -0.39 is 0 Å². The Labute approximate surface area is 60.0 Å². The van der Waals surface area contributed by atoms with Gasteiger partial charge < -0.3 is 10.9 Å². The number of hydrogen-bond donors (Lipinski definition) is 1. The van der Waals surface area contributed by atoms with E-state index >= 15 is 0 Å². The van der Waals surface area contributed by atoms with Crippen LogP contribution in [-0.4, -0.2) is 15.1 Å². The minimum absolute atomic E-state index is 0.0613. The molecule has 0 saturated heterocycles. The molecule has 0 fully saturated rings. The molecule has 0 aromatic carbocycles. The van der Waals surface area contributed by atoms with E-state index in [2.05, 4.69) is 19.8 Å². The third kappa shape index (κ3) is 0.672. The Kier molecular flexibility index (Phi) is 0.945. The second kappa shape index (κ2) is 1.78. The summed E-state index contributed by atoms with van der Waals surface area (Å²) in [5, 5.41) is 14.1. The van der Waals surface area contributed by atoms with Crippen molar-refractivity contribution in [3.63, 3.8) is 0 Å². The van der Waals surface area contributed by atoms with Crippen molar-refractivity contribution < 1.29 is 9.53 Å². The van der Waals surface area contributed by atoms with Gasteiger partial charge in [0.05, 0.1) is 5.16 Å². The first-order chi connectivity index (χ1) is 5.29. The highest BCUT2D eigenvalue weighted by Gasteiger charge is 2.13. The number of rotatable bonds is 0. The van der Waals surface area contributed by atoms with Gasteiger partial charge in [-0.25, -0.2) is 4.98 Å². The van der Waals surface area contributed by atoms with Crippen molar-refractivity contribution >= 4 is 17.0 Å². The van der Waals surface area contributed by atoms with Crippen molar-refractivity contribution in [1.29, 1.82) is 0 Å². The van der Waals surface area contributed by atoms with Gasteiger partial charge in [0, 0.05) is 0 Å². The molecular weight excluding hydrogens is 150 g/mol. The van der Waals surface area contributed by atoms with Crippen molar-refractivity contribution in [2.75, 3.05) is 5.73 Å². The van der Waals surface area contributed by atoms with Crippen LogP contribution in [0.3, 0.4) is 0 Å². The molecule has 0 saturated carbocycles. The highest BCUT2D eigenvalue weighted by atomic mass is 16.8. The highest BCUT2D eigenvalue weighted by molar-refractivity contribution is 5.76. The van der Waals surface area contributed by atoms with Crippen LogP contribution in [0.25, 0.3) is 11.2 Å². The summed E-state index contributed by atoms with van der Waals surface area (Å²) >= 11 is 0. The summed E-state index contributed by atoms with van der Waals surface area (Å²) in [4.78, 5) is 7.40. The van der Waals surface area contributed by atoms with E-state index in [4.69, 9.17) is 5.73 Å². The molecule has 2 rings (SSSR count). The van der Waals surface area contributed by atoms with Crippen molar-refractivity contribution in [1.82, 2.24) is 15.1 Å². The third-order valence-corrected chi connectivity index (χ3v) is 1.22. The average molecular weight is 153 g/mol. The first-order valence-electron chi connectivity index (χ1n) is 2.75.